The van der Waals surface area contributed by atoms with Gasteiger partial charge in [-0.2, -0.15) is 0 Å². The van der Waals surface area contributed by atoms with Crippen LogP contribution in [0.1, 0.15) is 48.6 Å². The third kappa shape index (κ3) is 7.50. The maximum atomic E-state index is 14.1. The minimum Gasteiger partial charge on any atom is -0.354 e. The monoisotopic (exact) mass is 563 g/mol. The van der Waals surface area contributed by atoms with Crippen LogP contribution in [-0.2, 0) is 26.2 Å². The molecule has 3 rings (SSSR count). The predicted molar refractivity (Wildman–Crippen MR) is 161 cm³/mol. The van der Waals surface area contributed by atoms with Crippen LogP contribution in [0.4, 0.5) is 5.69 Å². The Labute approximate surface area is 239 Å². The fraction of sp³-hybridized carbons (Fsp3) is 0.375. The van der Waals surface area contributed by atoms with E-state index in [0.29, 0.717) is 12.2 Å². The summed E-state index contributed by atoms with van der Waals surface area (Å²) in [6.45, 7) is 13.5. The molecule has 7 nitrogen and oxygen atoms in total. The highest BCUT2D eigenvalue weighted by atomic mass is 32.2. The average Bonchev–Trinajstić information content (AvgIpc) is 2.91. The van der Waals surface area contributed by atoms with Crippen molar-refractivity contribution < 1.29 is 18.0 Å². The minimum atomic E-state index is -4.10. The largest absolute Gasteiger partial charge is 0.354 e. The van der Waals surface area contributed by atoms with Crippen molar-refractivity contribution in [2.24, 2.45) is 5.92 Å². The second kappa shape index (κ2) is 13.1. The molecule has 2 amide bonds. The topological polar surface area (TPSA) is 86.8 Å². The first-order chi connectivity index (χ1) is 18.8. The quantitative estimate of drug-likeness (QED) is 0.343. The van der Waals surface area contributed by atoms with Crippen LogP contribution >= 0.6 is 0 Å². The number of carbonyl (C=O) groups is 2. The number of carbonyl (C=O) groups excluding carboxylic acids is 2. The number of hydrogen-bond acceptors (Lipinski definition) is 4. The average molecular weight is 564 g/mol. The minimum absolute atomic E-state index is 0.0969. The van der Waals surface area contributed by atoms with Gasteiger partial charge >= 0.3 is 0 Å². The van der Waals surface area contributed by atoms with Crippen molar-refractivity contribution in [1.29, 1.82) is 0 Å². The van der Waals surface area contributed by atoms with Crippen molar-refractivity contribution in [3.8, 4) is 0 Å². The van der Waals surface area contributed by atoms with E-state index < -0.39 is 28.5 Å². The van der Waals surface area contributed by atoms with Crippen molar-refractivity contribution in [3.05, 3.63) is 94.5 Å². The number of anilines is 1. The van der Waals surface area contributed by atoms with E-state index in [1.165, 1.54) is 9.21 Å². The molecule has 40 heavy (non-hydrogen) atoms. The van der Waals surface area contributed by atoms with E-state index in [1.807, 2.05) is 71.9 Å². The number of hydrogen-bond donors (Lipinski definition) is 1. The van der Waals surface area contributed by atoms with Crippen molar-refractivity contribution in [2.75, 3.05) is 17.4 Å². The van der Waals surface area contributed by atoms with E-state index in [1.54, 1.807) is 43.3 Å². The van der Waals surface area contributed by atoms with Gasteiger partial charge in [-0.15, -0.1) is 0 Å². The van der Waals surface area contributed by atoms with Gasteiger partial charge in [-0.05, 0) is 75.4 Å². The number of nitrogens with one attached hydrogen (secondary N) is 1. The summed E-state index contributed by atoms with van der Waals surface area (Å²) in [6, 6.07) is 18.9. The van der Waals surface area contributed by atoms with Gasteiger partial charge in [-0.3, -0.25) is 13.9 Å². The van der Waals surface area contributed by atoms with E-state index in [4.69, 9.17) is 0 Å². The lowest BCUT2D eigenvalue weighted by atomic mass is 10.1. The summed E-state index contributed by atoms with van der Waals surface area (Å²) in [4.78, 5) is 28.7. The molecule has 1 unspecified atom stereocenters. The van der Waals surface area contributed by atoms with Gasteiger partial charge in [-0.1, -0.05) is 73.5 Å². The lowest BCUT2D eigenvalue weighted by molar-refractivity contribution is -0.139. The first-order valence-electron chi connectivity index (χ1n) is 13.6. The summed E-state index contributed by atoms with van der Waals surface area (Å²) in [6.07, 6.45) is 0. The Balaban J connectivity index is 2.05. The smallest absolute Gasteiger partial charge is 0.264 e. The number of nitrogens with zero attached hydrogens (tertiary/aromatic N) is 2. The van der Waals surface area contributed by atoms with Gasteiger partial charge in [0.25, 0.3) is 10.0 Å². The van der Waals surface area contributed by atoms with Gasteiger partial charge in [0, 0.05) is 13.1 Å². The maximum absolute atomic E-state index is 14.1. The Morgan fingerprint density at radius 3 is 1.98 bits per heavy atom. The molecule has 1 atom stereocenters. The predicted octanol–water partition coefficient (Wildman–Crippen LogP) is 5.31. The molecule has 0 bridgehead atoms. The summed E-state index contributed by atoms with van der Waals surface area (Å²) >= 11 is 0. The fourth-order valence-corrected chi connectivity index (χ4v) is 5.75. The third-order valence-corrected chi connectivity index (χ3v) is 8.83. The second-order valence-corrected chi connectivity index (χ2v) is 12.7. The first kappa shape index (κ1) is 30.9. The van der Waals surface area contributed by atoms with Crippen LogP contribution in [-0.4, -0.2) is 44.3 Å². The summed E-state index contributed by atoms with van der Waals surface area (Å²) in [5.41, 5.74) is 4.96. The zero-order valence-electron chi connectivity index (χ0n) is 24.6. The van der Waals surface area contributed by atoms with Crippen molar-refractivity contribution in [3.63, 3.8) is 0 Å². The van der Waals surface area contributed by atoms with Crippen LogP contribution < -0.4 is 9.62 Å². The molecule has 0 saturated carbocycles. The highest BCUT2D eigenvalue weighted by molar-refractivity contribution is 7.92. The van der Waals surface area contributed by atoms with Crippen LogP contribution in [0.2, 0.25) is 0 Å². The Bertz CT molecular complexity index is 1430. The van der Waals surface area contributed by atoms with Crippen LogP contribution in [0.25, 0.3) is 0 Å². The summed E-state index contributed by atoms with van der Waals surface area (Å²) < 4.78 is 29.2. The molecular weight excluding hydrogens is 522 g/mol. The van der Waals surface area contributed by atoms with Gasteiger partial charge in [0.2, 0.25) is 11.8 Å². The van der Waals surface area contributed by atoms with Crippen molar-refractivity contribution >= 4 is 27.5 Å². The van der Waals surface area contributed by atoms with Crippen molar-refractivity contribution in [1.82, 2.24) is 10.2 Å². The van der Waals surface area contributed by atoms with E-state index in [-0.39, 0.29) is 23.3 Å². The van der Waals surface area contributed by atoms with Crippen LogP contribution in [0, 0.1) is 33.6 Å². The molecule has 0 saturated heterocycles. The molecule has 3 aromatic carbocycles. The molecule has 0 aromatic heterocycles. The summed E-state index contributed by atoms with van der Waals surface area (Å²) in [7, 11) is -4.10. The molecule has 3 aromatic rings. The molecule has 0 spiro atoms. The molecule has 214 valence electrons. The van der Waals surface area contributed by atoms with Gasteiger partial charge in [-0.25, -0.2) is 8.42 Å². The second-order valence-electron chi connectivity index (χ2n) is 10.9. The third-order valence-electron chi connectivity index (χ3n) is 7.06. The number of amides is 2. The lowest BCUT2D eigenvalue weighted by Crippen LogP contribution is -2.51. The molecule has 0 heterocycles. The molecule has 1 N–H and O–H groups in total. The zero-order chi connectivity index (χ0) is 29.6. The number of sulfonamides is 1. The van der Waals surface area contributed by atoms with Gasteiger partial charge < -0.3 is 10.2 Å². The molecular formula is C32H41N3O4S. The van der Waals surface area contributed by atoms with E-state index in [2.05, 4.69) is 5.32 Å². The van der Waals surface area contributed by atoms with Crippen LogP contribution in [0.15, 0.2) is 71.6 Å². The molecule has 0 aliphatic rings. The Kier molecular flexibility index (Phi) is 10.1. The number of benzene rings is 3. The Morgan fingerprint density at radius 1 is 0.825 bits per heavy atom. The molecule has 8 heteroatoms. The summed E-state index contributed by atoms with van der Waals surface area (Å²) in [5.74, 6) is -0.505. The van der Waals surface area contributed by atoms with Crippen LogP contribution in [0.3, 0.4) is 0 Å². The molecule has 0 aliphatic heterocycles. The number of rotatable bonds is 11. The van der Waals surface area contributed by atoms with Crippen LogP contribution in [0.5, 0.6) is 0 Å². The maximum Gasteiger partial charge on any atom is 0.264 e. The zero-order valence-corrected chi connectivity index (χ0v) is 25.4. The van der Waals surface area contributed by atoms with Gasteiger partial charge in [0.1, 0.15) is 12.6 Å². The van der Waals surface area contributed by atoms with E-state index in [0.717, 1.165) is 27.8 Å². The Morgan fingerprint density at radius 2 is 1.40 bits per heavy atom. The SMILES string of the molecule is Cc1ccc(CN(C(=O)CN(c2cccc(C)c2C)S(=O)(=O)c2ccc(C)cc2)C(C)C(=O)NCC(C)C)cc1. The van der Waals surface area contributed by atoms with E-state index >= 15 is 0 Å². The lowest BCUT2D eigenvalue weighted by Gasteiger charge is -2.32. The van der Waals surface area contributed by atoms with Crippen molar-refractivity contribution in [2.45, 2.75) is 65.9 Å². The first-order valence-corrected chi connectivity index (χ1v) is 15.0. The highest BCUT2D eigenvalue weighted by Gasteiger charge is 2.33. The van der Waals surface area contributed by atoms with E-state index in [9.17, 15) is 18.0 Å². The standard InChI is InChI=1S/C32H41N3O4S/c1-22(2)19-33-32(37)27(7)34(20-28-15-11-23(3)12-16-28)31(36)21-35(30-10-8-9-25(5)26(30)6)40(38,39)29-17-13-24(4)14-18-29/h8-18,22,27H,19-21H2,1-7H3,(H,33,37). The summed E-state index contributed by atoms with van der Waals surface area (Å²) in [5, 5.41) is 2.91. The highest BCUT2D eigenvalue weighted by Crippen LogP contribution is 2.29. The fourth-order valence-electron chi connectivity index (χ4n) is 4.28. The molecule has 0 fully saturated rings. The molecule has 0 aliphatic carbocycles. The van der Waals surface area contributed by atoms with Gasteiger partial charge in [0.05, 0.1) is 10.6 Å². The molecule has 0 radical (unpaired) electrons. The Hall–Kier alpha value is -3.65. The normalized spacial score (nSPS) is 12.2. The number of aryl methyl sites for hydroxylation is 3. The van der Waals surface area contributed by atoms with Gasteiger partial charge in [0.15, 0.2) is 0 Å².